The first kappa shape index (κ1) is 12.4. The van der Waals surface area contributed by atoms with Crippen LogP contribution in [0.2, 0.25) is 0 Å². The van der Waals surface area contributed by atoms with Gasteiger partial charge in [0.1, 0.15) is 5.75 Å². The molecule has 0 saturated heterocycles. The topological polar surface area (TPSA) is 38.3 Å². The summed E-state index contributed by atoms with van der Waals surface area (Å²) in [5.74, 6) is 1.53. The van der Waals surface area contributed by atoms with Crippen molar-refractivity contribution in [1.82, 2.24) is 5.32 Å². The van der Waals surface area contributed by atoms with Gasteiger partial charge >= 0.3 is 0 Å². The Bertz CT molecular complexity index is 416. The molecule has 1 amide bonds. The van der Waals surface area contributed by atoms with E-state index in [1.807, 2.05) is 18.2 Å². The normalized spacial score (nSPS) is 14.5. The first-order valence-electron chi connectivity index (χ1n) is 5.78. The highest BCUT2D eigenvalue weighted by molar-refractivity contribution is 9.10. The molecule has 0 aliphatic heterocycles. The fourth-order valence-electron chi connectivity index (χ4n) is 1.68. The molecule has 0 radical (unpaired) electrons. The number of hydrogen-bond acceptors (Lipinski definition) is 2. The lowest BCUT2D eigenvalue weighted by molar-refractivity contribution is -0.120. The minimum atomic E-state index is 0.0672. The van der Waals surface area contributed by atoms with Crippen LogP contribution in [0.5, 0.6) is 5.75 Å². The molecule has 1 aromatic rings. The number of ether oxygens (including phenoxy) is 1. The molecule has 1 N–H and O–H groups in total. The van der Waals surface area contributed by atoms with Gasteiger partial charge in [0.05, 0.1) is 13.5 Å². The number of carbonyl (C=O) groups is 1. The summed E-state index contributed by atoms with van der Waals surface area (Å²) in [6.45, 7) is 0.817. The van der Waals surface area contributed by atoms with Crippen LogP contribution in [0.25, 0.3) is 0 Å². The van der Waals surface area contributed by atoms with Crippen molar-refractivity contribution in [2.75, 3.05) is 13.7 Å². The van der Waals surface area contributed by atoms with Gasteiger partial charge in [0.15, 0.2) is 0 Å². The molecular weight excluding hydrogens is 282 g/mol. The van der Waals surface area contributed by atoms with Crippen molar-refractivity contribution >= 4 is 21.8 Å². The zero-order valence-electron chi connectivity index (χ0n) is 9.83. The van der Waals surface area contributed by atoms with Gasteiger partial charge in [-0.1, -0.05) is 22.0 Å². The van der Waals surface area contributed by atoms with Crippen molar-refractivity contribution in [3.63, 3.8) is 0 Å². The van der Waals surface area contributed by atoms with Gasteiger partial charge < -0.3 is 10.1 Å². The van der Waals surface area contributed by atoms with Gasteiger partial charge in [-0.25, -0.2) is 0 Å². The van der Waals surface area contributed by atoms with Crippen LogP contribution in [-0.2, 0) is 11.2 Å². The maximum atomic E-state index is 11.7. The molecule has 1 aliphatic rings. The molecule has 0 spiro atoms. The number of carbonyl (C=O) groups excluding carboxylic acids is 1. The molecule has 1 aromatic carbocycles. The molecular formula is C13H16BrNO2. The second-order valence-corrected chi connectivity index (χ2v) is 5.30. The Labute approximate surface area is 110 Å². The summed E-state index contributed by atoms with van der Waals surface area (Å²) >= 11 is 3.38. The number of nitrogens with one attached hydrogen (secondary N) is 1. The van der Waals surface area contributed by atoms with Crippen LogP contribution in [0.15, 0.2) is 22.7 Å². The van der Waals surface area contributed by atoms with Crippen LogP contribution in [0.4, 0.5) is 0 Å². The SMILES string of the molecule is COc1cc(Br)ccc1CC(=O)NCC1CC1. The number of benzene rings is 1. The van der Waals surface area contributed by atoms with Crippen molar-refractivity contribution in [1.29, 1.82) is 0 Å². The van der Waals surface area contributed by atoms with Crippen LogP contribution in [-0.4, -0.2) is 19.6 Å². The van der Waals surface area contributed by atoms with Crippen LogP contribution in [0.1, 0.15) is 18.4 Å². The lowest BCUT2D eigenvalue weighted by Gasteiger charge is -2.09. The second kappa shape index (κ2) is 5.54. The predicted octanol–water partition coefficient (Wildman–Crippen LogP) is 2.53. The van der Waals surface area contributed by atoms with Crippen LogP contribution >= 0.6 is 15.9 Å². The van der Waals surface area contributed by atoms with Crippen LogP contribution < -0.4 is 10.1 Å². The lowest BCUT2D eigenvalue weighted by Crippen LogP contribution is -2.27. The molecule has 1 fully saturated rings. The van der Waals surface area contributed by atoms with Gasteiger partial charge in [-0.15, -0.1) is 0 Å². The Kier molecular flexibility index (Phi) is 4.05. The standard InChI is InChI=1S/C13H16BrNO2/c1-17-12-7-11(14)5-4-10(12)6-13(16)15-8-9-2-3-9/h4-5,7,9H,2-3,6,8H2,1H3,(H,15,16). The fourth-order valence-corrected chi connectivity index (χ4v) is 2.02. The summed E-state index contributed by atoms with van der Waals surface area (Å²) in [7, 11) is 1.62. The van der Waals surface area contributed by atoms with Gasteiger partial charge in [-0.3, -0.25) is 4.79 Å². The number of halogens is 1. The van der Waals surface area contributed by atoms with Gasteiger partial charge in [-0.2, -0.15) is 0 Å². The van der Waals surface area contributed by atoms with E-state index in [0.717, 1.165) is 22.3 Å². The molecule has 17 heavy (non-hydrogen) atoms. The summed E-state index contributed by atoms with van der Waals surface area (Å²) in [6.07, 6.45) is 2.88. The molecule has 0 unspecified atom stereocenters. The monoisotopic (exact) mass is 297 g/mol. The quantitative estimate of drug-likeness (QED) is 0.907. The summed E-state index contributed by atoms with van der Waals surface area (Å²) < 4.78 is 6.21. The lowest BCUT2D eigenvalue weighted by atomic mass is 10.1. The van der Waals surface area contributed by atoms with Gasteiger partial charge in [-0.05, 0) is 30.9 Å². The Hall–Kier alpha value is -1.03. The smallest absolute Gasteiger partial charge is 0.224 e. The van der Waals surface area contributed by atoms with E-state index < -0.39 is 0 Å². The van der Waals surface area contributed by atoms with E-state index in [0.29, 0.717) is 12.3 Å². The molecule has 2 rings (SSSR count). The average molecular weight is 298 g/mol. The van der Waals surface area contributed by atoms with Crippen molar-refractivity contribution in [2.45, 2.75) is 19.3 Å². The molecule has 0 atom stereocenters. The summed E-state index contributed by atoms with van der Waals surface area (Å²) in [4.78, 5) is 11.7. The summed E-state index contributed by atoms with van der Waals surface area (Å²) in [5.41, 5.74) is 0.920. The molecule has 4 heteroatoms. The second-order valence-electron chi connectivity index (χ2n) is 4.38. The van der Waals surface area contributed by atoms with Gasteiger partial charge in [0, 0.05) is 16.6 Å². The fraction of sp³-hybridized carbons (Fsp3) is 0.462. The Morgan fingerprint density at radius 3 is 2.94 bits per heavy atom. The third kappa shape index (κ3) is 3.73. The number of amides is 1. The zero-order valence-corrected chi connectivity index (χ0v) is 11.4. The summed E-state index contributed by atoms with van der Waals surface area (Å²) in [6, 6.07) is 5.72. The third-order valence-electron chi connectivity index (χ3n) is 2.88. The third-order valence-corrected chi connectivity index (χ3v) is 3.38. The van der Waals surface area contributed by atoms with E-state index in [4.69, 9.17) is 4.74 Å². The number of hydrogen-bond donors (Lipinski definition) is 1. The van der Waals surface area contributed by atoms with Crippen molar-refractivity contribution in [3.8, 4) is 5.75 Å². The molecule has 92 valence electrons. The van der Waals surface area contributed by atoms with Crippen LogP contribution in [0.3, 0.4) is 0 Å². The predicted molar refractivity (Wildman–Crippen MR) is 70.1 cm³/mol. The Balaban J connectivity index is 1.93. The minimum absolute atomic E-state index is 0.0672. The molecule has 0 bridgehead atoms. The molecule has 3 nitrogen and oxygen atoms in total. The van der Waals surface area contributed by atoms with E-state index >= 15 is 0 Å². The summed E-state index contributed by atoms with van der Waals surface area (Å²) in [5, 5.41) is 2.95. The van der Waals surface area contributed by atoms with Crippen molar-refractivity contribution in [2.24, 2.45) is 5.92 Å². The van der Waals surface area contributed by atoms with E-state index in [1.54, 1.807) is 7.11 Å². The highest BCUT2D eigenvalue weighted by Crippen LogP contribution is 2.28. The van der Waals surface area contributed by atoms with Gasteiger partial charge in [0.2, 0.25) is 5.91 Å². The zero-order chi connectivity index (χ0) is 12.3. The maximum Gasteiger partial charge on any atom is 0.224 e. The van der Waals surface area contributed by atoms with Crippen molar-refractivity contribution < 1.29 is 9.53 Å². The van der Waals surface area contributed by atoms with Crippen molar-refractivity contribution in [3.05, 3.63) is 28.2 Å². The van der Waals surface area contributed by atoms with Gasteiger partial charge in [0.25, 0.3) is 0 Å². The average Bonchev–Trinajstić information content (AvgIpc) is 3.12. The van der Waals surface area contributed by atoms with Crippen LogP contribution in [0, 0.1) is 5.92 Å². The molecule has 0 heterocycles. The van der Waals surface area contributed by atoms with E-state index in [9.17, 15) is 4.79 Å². The number of methoxy groups -OCH3 is 1. The Morgan fingerprint density at radius 1 is 1.53 bits per heavy atom. The van der Waals surface area contributed by atoms with E-state index in [-0.39, 0.29) is 5.91 Å². The molecule has 0 aromatic heterocycles. The van der Waals surface area contributed by atoms with E-state index in [1.165, 1.54) is 12.8 Å². The molecule has 1 saturated carbocycles. The van der Waals surface area contributed by atoms with E-state index in [2.05, 4.69) is 21.2 Å². The largest absolute Gasteiger partial charge is 0.496 e. The minimum Gasteiger partial charge on any atom is -0.496 e. The maximum absolute atomic E-state index is 11.7. The molecule has 1 aliphatic carbocycles. The highest BCUT2D eigenvalue weighted by Gasteiger charge is 2.21. The first-order chi connectivity index (χ1) is 8.19. The first-order valence-corrected chi connectivity index (χ1v) is 6.57. The Morgan fingerprint density at radius 2 is 2.29 bits per heavy atom. The number of rotatable bonds is 5. The highest BCUT2D eigenvalue weighted by atomic mass is 79.9.